The lowest BCUT2D eigenvalue weighted by Gasteiger charge is -2.30. The van der Waals surface area contributed by atoms with Crippen molar-refractivity contribution in [1.29, 1.82) is 0 Å². The second-order valence-corrected chi connectivity index (χ2v) is 7.82. The molecule has 0 saturated carbocycles. The van der Waals surface area contributed by atoms with Gasteiger partial charge in [0.25, 0.3) is 5.56 Å². The van der Waals surface area contributed by atoms with Crippen LogP contribution < -0.4 is 10.5 Å². The molecule has 1 fully saturated rings. The number of hydrogen-bond acceptors (Lipinski definition) is 5. The van der Waals surface area contributed by atoms with E-state index in [4.69, 9.17) is 4.74 Å². The summed E-state index contributed by atoms with van der Waals surface area (Å²) in [5, 5.41) is 4.66. The van der Waals surface area contributed by atoms with Crippen LogP contribution in [0.25, 0.3) is 5.52 Å². The Morgan fingerprint density at radius 2 is 2.07 bits per heavy atom. The Hall–Kier alpha value is -2.22. The molecule has 0 spiro atoms. The molecule has 4 rings (SSSR count). The van der Waals surface area contributed by atoms with E-state index in [1.807, 2.05) is 13.8 Å². The Balaban J connectivity index is 1.62. The molecule has 2 aromatic rings. The molecule has 0 unspecified atom stereocenters. The minimum atomic E-state index is -0.124. The van der Waals surface area contributed by atoms with Gasteiger partial charge in [0.05, 0.1) is 6.20 Å². The van der Waals surface area contributed by atoms with E-state index in [2.05, 4.69) is 10.1 Å². The van der Waals surface area contributed by atoms with Crippen molar-refractivity contribution in [2.75, 3.05) is 24.7 Å². The maximum absolute atomic E-state index is 12.9. The Kier molecular flexibility index (Phi) is 4.99. The summed E-state index contributed by atoms with van der Waals surface area (Å²) in [4.78, 5) is 31.9. The summed E-state index contributed by atoms with van der Waals surface area (Å²) >= 11 is 0. The normalized spacial score (nSPS) is 18.3. The molecule has 8 heteroatoms. The summed E-state index contributed by atoms with van der Waals surface area (Å²) in [6.07, 6.45) is 5.75. The van der Waals surface area contributed by atoms with Crippen molar-refractivity contribution >= 4 is 17.4 Å². The Morgan fingerprint density at radius 3 is 2.81 bits per heavy atom. The van der Waals surface area contributed by atoms with Crippen LogP contribution in [0.2, 0.25) is 0 Å². The summed E-state index contributed by atoms with van der Waals surface area (Å²) in [5.74, 6) is 1.93. The van der Waals surface area contributed by atoms with E-state index in [-0.39, 0.29) is 17.4 Å². The van der Waals surface area contributed by atoms with Crippen LogP contribution in [-0.4, -0.2) is 44.8 Å². The summed E-state index contributed by atoms with van der Waals surface area (Å²) < 4.78 is 8.63. The molecule has 146 valence electrons. The smallest absolute Gasteiger partial charge is 0.280 e. The van der Waals surface area contributed by atoms with Gasteiger partial charge in [-0.15, -0.1) is 5.10 Å². The molecule has 0 atom stereocenters. The molecule has 8 nitrogen and oxygen atoms in total. The first kappa shape index (κ1) is 18.2. The third-order valence-electron chi connectivity index (χ3n) is 5.59. The van der Waals surface area contributed by atoms with Crippen LogP contribution in [0.1, 0.15) is 57.7 Å². The van der Waals surface area contributed by atoms with Crippen molar-refractivity contribution in [2.45, 2.75) is 58.4 Å². The summed E-state index contributed by atoms with van der Waals surface area (Å²) in [6.45, 7) is 6.81. The zero-order valence-corrected chi connectivity index (χ0v) is 16.1. The first-order valence-corrected chi connectivity index (χ1v) is 9.93. The molecule has 2 aliphatic rings. The molecule has 2 aromatic heterocycles. The predicted octanol–water partition coefficient (Wildman–Crippen LogP) is 1.96. The number of rotatable bonds is 4. The Bertz CT molecular complexity index is 895. The lowest BCUT2D eigenvalue weighted by Crippen LogP contribution is -2.43. The van der Waals surface area contributed by atoms with Gasteiger partial charge in [-0.2, -0.15) is 0 Å². The van der Waals surface area contributed by atoms with Crippen LogP contribution in [0, 0.1) is 5.92 Å². The van der Waals surface area contributed by atoms with E-state index in [1.54, 1.807) is 20.2 Å². The van der Waals surface area contributed by atoms with Gasteiger partial charge in [-0.1, -0.05) is 13.8 Å². The molecular weight excluding hydrogens is 346 g/mol. The standard InChI is InChI=1S/C19H27N5O3/c1-13(2)17-20-12-15-18(26)23-9-3-8-22(19(23)21-24(15)17)16(25)5-4-14-6-10-27-11-7-14/h12-14H,3-11H2,1-2H3. The average molecular weight is 373 g/mol. The SMILES string of the molecule is CC(C)c1ncc2c(=O)n3c(nn12)N(C(=O)CCC1CCOCC1)CCC3. The highest BCUT2D eigenvalue weighted by Crippen LogP contribution is 2.23. The minimum Gasteiger partial charge on any atom is -0.381 e. The van der Waals surface area contributed by atoms with Crippen molar-refractivity contribution in [3.63, 3.8) is 0 Å². The minimum absolute atomic E-state index is 0.0485. The first-order valence-electron chi connectivity index (χ1n) is 9.93. The molecule has 0 bridgehead atoms. The summed E-state index contributed by atoms with van der Waals surface area (Å²) in [6, 6.07) is 0. The van der Waals surface area contributed by atoms with Gasteiger partial charge < -0.3 is 4.74 Å². The third-order valence-corrected chi connectivity index (χ3v) is 5.59. The van der Waals surface area contributed by atoms with Crippen LogP contribution in [0.5, 0.6) is 0 Å². The fraction of sp³-hybridized carbons (Fsp3) is 0.684. The topological polar surface area (TPSA) is 81.7 Å². The summed E-state index contributed by atoms with van der Waals surface area (Å²) in [7, 11) is 0. The summed E-state index contributed by atoms with van der Waals surface area (Å²) in [5.41, 5.74) is 0.347. The molecule has 1 saturated heterocycles. The molecule has 2 aliphatic heterocycles. The third kappa shape index (κ3) is 3.38. The average Bonchev–Trinajstić information content (AvgIpc) is 3.11. The van der Waals surface area contributed by atoms with Gasteiger partial charge in [0, 0.05) is 38.6 Å². The first-order chi connectivity index (χ1) is 13.1. The van der Waals surface area contributed by atoms with E-state index in [1.165, 1.54) is 0 Å². The van der Waals surface area contributed by atoms with Gasteiger partial charge in [0.1, 0.15) is 5.82 Å². The number of amides is 1. The maximum Gasteiger partial charge on any atom is 0.280 e. The molecular formula is C19H27N5O3. The number of imidazole rings is 1. The monoisotopic (exact) mass is 373 g/mol. The second-order valence-electron chi connectivity index (χ2n) is 7.82. The van der Waals surface area contributed by atoms with E-state index >= 15 is 0 Å². The maximum atomic E-state index is 12.9. The van der Waals surface area contributed by atoms with Crippen molar-refractivity contribution in [2.24, 2.45) is 5.92 Å². The number of carbonyl (C=O) groups excluding carboxylic acids is 1. The van der Waals surface area contributed by atoms with E-state index in [0.717, 1.165) is 44.7 Å². The number of hydrogen-bond donors (Lipinski definition) is 0. The van der Waals surface area contributed by atoms with Gasteiger partial charge in [0.2, 0.25) is 11.9 Å². The number of ether oxygens (including phenoxy) is 1. The molecule has 0 aliphatic carbocycles. The highest BCUT2D eigenvalue weighted by molar-refractivity contribution is 5.91. The zero-order valence-electron chi connectivity index (χ0n) is 16.1. The van der Waals surface area contributed by atoms with E-state index < -0.39 is 0 Å². The molecule has 4 heterocycles. The highest BCUT2D eigenvalue weighted by atomic mass is 16.5. The Morgan fingerprint density at radius 1 is 1.30 bits per heavy atom. The lowest BCUT2D eigenvalue weighted by molar-refractivity contribution is -0.119. The van der Waals surface area contributed by atoms with Crippen molar-refractivity contribution < 1.29 is 9.53 Å². The van der Waals surface area contributed by atoms with Gasteiger partial charge in [-0.05, 0) is 31.6 Å². The van der Waals surface area contributed by atoms with Crippen LogP contribution in [0.3, 0.4) is 0 Å². The molecule has 27 heavy (non-hydrogen) atoms. The van der Waals surface area contributed by atoms with Crippen molar-refractivity contribution in [1.82, 2.24) is 19.2 Å². The predicted molar refractivity (Wildman–Crippen MR) is 101 cm³/mol. The number of nitrogens with zero attached hydrogens (tertiary/aromatic N) is 5. The lowest BCUT2D eigenvalue weighted by atomic mass is 9.94. The van der Waals surface area contributed by atoms with Crippen LogP contribution >= 0.6 is 0 Å². The van der Waals surface area contributed by atoms with Crippen molar-refractivity contribution in [3.8, 4) is 0 Å². The highest BCUT2D eigenvalue weighted by Gasteiger charge is 2.28. The molecule has 0 radical (unpaired) electrons. The fourth-order valence-corrected chi connectivity index (χ4v) is 4.00. The zero-order chi connectivity index (χ0) is 19.0. The van der Waals surface area contributed by atoms with Crippen LogP contribution in [-0.2, 0) is 16.1 Å². The number of carbonyl (C=O) groups is 1. The van der Waals surface area contributed by atoms with Gasteiger partial charge >= 0.3 is 0 Å². The quantitative estimate of drug-likeness (QED) is 0.818. The van der Waals surface area contributed by atoms with E-state index in [0.29, 0.717) is 36.9 Å². The number of aromatic nitrogens is 4. The van der Waals surface area contributed by atoms with Gasteiger partial charge in [0.15, 0.2) is 5.52 Å². The Labute approximate surface area is 158 Å². The molecule has 0 N–H and O–H groups in total. The number of anilines is 1. The molecule has 0 aromatic carbocycles. The van der Waals surface area contributed by atoms with Crippen molar-refractivity contribution in [3.05, 3.63) is 22.4 Å². The fourth-order valence-electron chi connectivity index (χ4n) is 4.00. The number of fused-ring (bicyclic) bond motifs is 2. The largest absolute Gasteiger partial charge is 0.381 e. The van der Waals surface area contributed by atoms with E-state index in [9.17, 15) is 9.59 Å². The van der Waals surface area contributed by atoms with Crippen LogP contribution in [0.4, 0.5) is 5.95 Å². The molecule has 1 amide bonds. The second kappa shape index (κ2) is 7.42. The van der Waals surface area contributed by atoms with Gasteiger partial charge in [-0.3, -0.25) is 19.1 Å². The van der Waals surface area contributed by atoms with Crippen LogP contribution in [0.15, 0.2) is 11.0 Å². The van der Waals surface area contributed by atoms with Gasteiger partial charge in [-0.25, -0.2) is 9.50 Å².